The molecule has 0 amide bonds. The Morgan fingerprint density at radius 1 is 0.542 bits per heavy atom. The van der Waals surface area contributed by atoms with Crippen molar-refractivity contribution in [3.8, 4) is 28.7 Å². The van der Waals surface area contributed by atoms with E-state index >= 15 is 0 Å². The van der Waals surface area contributed by atoms with Gasteiger partial charge in [0.05, 0.1) is 35.5 Å². The lowest BCUT2D eigenvalue weighted by Gasteiger charge is -2.19. The van der Waals surface area contributed by atoms with Gasteiger partial charge in [-0.3, -0.25) is 0 Å². The highest BCUT2D eigenvalue weighted by Gasteiger charge is 2.23. The zero-order chi connectivity index (χ0) is 17.3. The molecule has 0 saturated heterocycles. The molecule has 0 bridgehead atoms. The summed E-state index contributed by atoms with van der Waals surface area (Å²) in [6.07, 6.45) is 0. The van der Waals surface area contributed by atoms with Crippen LogP contribution in [0.25, 0.3) is 21.5 Å². The summed E-state index contributed by atoms with van der Waals surface area (Å²) in [5, 5.41) is 3.77. The minimum atomic E-state index is 0.499. The molecule has 3 aromatic rings. The fourth-order valence-electron chi connectivity index (χ4n) is 3.08. The van der Waals surface area contributed by atoms with Crippen LogP contribution in [-0.2, 0) is 0 Å². The van der Waals surface area contributed by atoms with Crippen molar-refractivity contribution in [1.82, 2.24) is 0 Å². The summed E-state index contributed by atoms with van der Waals surface area (Å²) >= 11 is 0. The van der Waals surface area contributed by atoms with Crippen LogP contribution in [0.1, 0.15) is 0 Å². The second-order valence-electron chi connectivity index (χ2n) is 5.21. The summed E-state index contributed by atoms with van der Waals surface area (Å²) in [5.74, 6) is 3.00. The fraction of sp³-hybridized carbons (Fsp3) is 0.263. The van der Waals surface area contributed by atoms with E-state index in [2.05, 4.69) is 0 Å². The molecule has 0 saturated carbocycles. The van der Waals surface area contributed by atoms with Crippen LogP contribution in [0.15, 0.2) is 30.3 Å². The van der Waals surface area contributed by atoms with E-state index in [1.165, 1.54) is 0 Å². The van der Waals surface area contributed by atoms with Crippen LogP contribution in [-0.4, -0.2) is 35.5 Å². The third-order valence-corrected chi connectivity index (χ3v) is 4.12. The summed E-state index contributed by atoms with van der Waals surface area (Å²) in [6.45, 7) is 0. The first-order valence-electron chi connectivity index (χ1n) is 7.46. The molecule has 5 nitrogen and oxygen atoms in total. The van der Waals surface area contributed by atoms with Gasteiger partial charge in [-0.25, -0.2) is 0 Å². The molecule has 3 aromatic carbocycles. The van der Waals surface area contributed by atoms with Crippen molar-refractivity contribution in [2.45, 2.75) is 0 Å². The van der Waals surface area contributed by atoms with Gasteiger partial charge in [0.15, 0.2) is 11.5 Å². The number of fused-ring (bicyclic) bond motifs is 2. The molecule has 126 valence electrons. The summed E-state index contributed by atoms with van der Waals surface area (Å²) in [4.78, 5) is 0. The predicted octanol–water partition coefficient (Wildman–Crippen LogP) is 4.04. The summed E-state index contributed by atoms with van der Waals surface area (Å²) in [7, 11) is 8.03. The highest BCUT2D eigenvalue weighted by molar-refractivity contribution is 6.08. The summed E-state index contributed by atoms with van der Waals surface area (Å²) < 4.78 is 27.7. The van der Waals surface area contributed by atoms with Gasteiger partial charge in [-0.05, 0) is 23.6 Å². The number of hydrogen-bond acceptors (Lipinski definition) is 5. The third kappa shape index (κ3) is 2.24. The first-order valence-corrected chi connectivity index (χ1v) is 7.46. The zero-order valence-corrected chi connectivity index (χ0v) is 14.4. The minimum absolute atomic E-state index is 0.499. The molecule has 0 spiro atoms. The number of rotatable bonds is 5. The van der Waals surface area contributed by atoms with Gasteiger partial charge in [-0.2, -0.15) is 0 Å². The highest BCUT2D eigenvalue weighted by atomic mass is 16.5. The van der Waals surface area contributed by atoms with Gasteiger partial charge in [-0.1, -0.05) is 12.1 Å². The molecule has 0 aliphatic heterocycles. The van der Waals surface area contributed by atoms with Crippen LogP contribution in [0, 0.1) is 0 Å². The standard InChI is InChI=1S/C19H20O5/c1-20-15-8-6-7-11-9-13-14(10-12(11)15)17(22-3)19(24-5)18(23-4)16(13)21-2/h6-10H,1-5H3. The Kier molecular flexibility index (Phi) is 4.25. The van der Waals surface area contributed by atoms with Gasteiger partial charge >= 0.3 is 0 Å². The van der Waals surface area contributed by atoms with E-state index in [0.717, 1.165) is 27.3 Å². The molecular formula is C19H20O5. The Morgan fingerprint density at radius 3 is 1.58 bits per heavy atom. The maximum atomic E-state index is 5.61. The van der Waals surface area contributed by atoms with E-state index in [1.54, 1.807) is 35.5 Å². The molecule has 5 heteroatoms. The largest absolute Gasteiger partial charge is 0.496 e. The molecule has 0 atom stereocenters. The van der Waals surface area contributed by atoms with Crippen molar-refractivity contribution < 1.29 is 23.7 Å². The van der Waals surface area contributed by atoms with E-state index in [9.17, 15) is 0 Å². The van der Waals surface area contributed by atoms with E-state index in [1.807, 2.05) is 30.3 Å². The third-order valence-electron chi connectivity index (χ3n) is 4.12. The smallest absolute Gasteiger partial charge is 0.207 e. The zero-order valence-electron chi connectivity index (χ0n) is 14.4. The quantitative estimate of drug-likeness (QED) is 0.662. The maximum absolute atomic E-state index is 5.61. The first kappa shape index (κ1) is 16.1. The van der Waals surface area contributed by atoms with Gasteiger partial charge in [0.1, 0.15) is 5.75 Å². The first-order chi connectivity index (χ1) is 11.7. The molecule has 0 unspecified atom stereocenters. The van der Waals surface area contributed by atoms with Gasteiger partial charge in [0.2, 0.25) is 11.5 Å². The topological polar surface area (TPSA) is 46.2 Å². The number of methoxy groups -OCH3 is 5. The lowest BCUT2D eigenvalue weighted by atomic mass is 10.0. The van der Waals surface area contributed by atoms with Crippen LogP contribution >= 0.6 is 0 Å². The average Bonchev–Trinajstić information content (AvgIpc) is 2.63. The van der Waals surface area contributed by atoms with Crippen LogP contribution in [0.5, 0.6) is 28.7 Å². The van der Waals surface area contributed by atoms with Crippen LogP contribution < -0.4 is 23.7 Å². The van der Waals surface area contributed by atoms with Gasteiger partial charge in [-0.15, -0.1) is 0 Å². The lowest BCUT2D eigenvalue weighted by molar-refractivity contribution is 0.309. The Balaban J connectivity index is 2.54. The molecule has 0 heterocycles. The number of ether oxygens (including phenoxy) is 5. The minimum Gasteiger partial charge on any atom is -0.496 e. The fourth-order valence-corrected chi connectivity index (χ4v) is 3.08. The van der Waals surface area contributed by atoms with Crippen molar-refractivity contribution in [3.63, 3.8) is 0 Å². The van der Waals surface area contributed by atoms with Crippen molar-refractivity contribution in [2.24, 2.45) is 0 Å². The van der Waals surface area contributed by atoms with Crippen molar-refractivity contribution in [3.05, 3.63) is 30.3 Å². The van der Waals surface area contributed by atoms with Crippen molar-refractivity contribution in [2.75, 3.05) is 35.5 Å². The molecule has 24 heavy (non-hydrogen) atoms. The Labute approximate surface area is 140 Å². The van der Waals surface area contributed by atoms with E-state index in [-0.39, 0.29) is 0 Å². The Morgan fingerprint density at radius 2 is 1.08 bits per heavy atom. The SMILES string of the molecule is COc1c(OC)c(OC)c2cc3c(OC)cccc3cc2c1OC. The molecule has 0 aliphatic rings. The number of hydrogen-bond donors (Lipinski definition) is 0. The second kappa shape index (κ2) is 6.35. The highest BCUT2D eigenvalue weighted by Crippen LogP contribution is 2.51. The van der Waals surface area contributed by atoms with E-state index < -0.39 is 0 Å². The van der Waals surface area contributed by atoms with Crippen LogP contribution in [0.4, 0.5) is 0 Å². The molecule has 0 aromatic heterocycles. The maximum Gasteiger partial charge on any atom is 0.207 e. The molecule has 0 aliphatic carbocycles. The second-order valence-corrected chi connectivity index (χ2v) is 5.21. The van der Waals surface area contributed by atoms with Gasteiger partial charge < -0.3 is 23.7 Å². The summed E-state index contributed by atoms with van der Waals surface area (Å²) in [6, 6.07) is 9.97. The number of benzene rings is 3. The average molecular weight is 328 g/mol. The molecular weight excluding hydrogens is 308 g/mol. The van der Waals surface area contributed by atoms with Crippen LogP contribution in [0.2, 0.25) is 0 Å². The normalized spacial score (nSPS) is 10.7. The Hall–Kier alpha value is -2.82. The van der Waals surface area contributed by atoms with Gasteiger partial charge in [0, 0.05) is 16.2 Å². The summed E-state index contributed by atoms with van der Waals surface area (Å²) in [5.41, 5.74) is 0. The molecule has 0 N–H and O–H groups in total. The van der Waals surface area contributed by atoms with Crippen molar-refractivity contribution >= 4 is 21.5 Å². The van der Waals surface area contributed by atoms with Crippen LogP contribution in [0.3, 0.4) is 0 Å². The van der Waals surface area contributed by atoms with E-state index in [4.69, 9.17) is 23.7 Å². The molecule has 0 fully saturated rings. The monoisotopic (exact) mass is 328 g/mol. The lowest BCUT2D eigenvalue weighted by Crippen LogP contribution is -1.99. The predicted molar refractivity (Wildman–Crippen MR) is 94.2 cm³/mol. The molecule has 3 rings (SSSR count). The van der Waals surface area contributed by atoms with Crippen molar-refractivity contribution in [1.29, 1.82) is 0 Å². The molecule has 0 radical (unpaired) electrons. The van der Waals surface area contributed by atoms with E-state index in [0.29, 0.717) is 23.0 Å². The Bertz CT molecular complexity index is 902. The van der Waals surface area contributed by atoms with Gasteiger partial charge in [0.25, 0.3) is 0 Å².